The topological polar surface area (TPSA) is 31.0 Å². The summed E-state index contributed by atoms with van der Waals surface area (Å²) in [5.74, 6) is 0. The van der Waals surface area contributed by atoms with E-state index in [9.17, 15) is 0 Å². The molecule has 1 fully saturated rings. The minimum absolute atomic E-state index is 0.356. The first kappa shape index (κ1) is 6.99. The molecule has 1 atom stereocenters. The van der Waals surface area contributed by atoms with Gasteiger partial charge in [-0.05, 0) is 0 Å². The van der Waals surface area contributed by atoms with Gasteiger partial charge in [-0.2, -0.15) is 0 Å². The quantitative estimate of drug-likeness (QED) is 0.395. The highest BCUT2D eigenvalue weighted by atomic mass is 16.6. The van der Waals surface area contributed by atoms with Crippen molar-refractivity contribution in [2.75, 3.05) is 26.4 Å². The zero-order valence-electron chi connectivity index (χ0n) is 5.34. The highest BCUT2D eigenvalue weighted by Gasteiger charge is 2.21. The lowest BCUT2D eigenvalue weighted by atomic mass is 10.5. The maximum absolute atomic E-state index is 5.11. The summed E-state index contributed by atoms with van der Waals surface area (Å²) in [7, 11) is 3.21. The molecule has 0 spiro atoms. The van der Waals surface area contributed by atoms with Gasteiger partial charge in [-0.3, -0.25) is 0 Å². The van der Waals surface area contributed by atoms with E-state index in [1.54, 1.807) is 0 Å². The van der Waals surface area contributed by atoms with Gasteiger partial charge in [-0.1, -0.05) is 0 Å². The number of hydrogen-bond donors (Lipinski definition) is 0. The van der Waals surface area contributed by atoms with Crippen LogP contribution in [0, 0.1) is 7.11 Å². The molecule has 53 valence electrons. The molecule has 0 bridgehead atoms. The van der Waals surface area contributed by atoms with Crippen LogP contribution in [0.5, 0.6) is 0 Å². The molecule has 0 aliphatic carbocycles. The molecule has 0 aromatic carbocycles. The maximum atomic E-state index is 5.11. The molecule has 0 N–H and O–H groups in total. The summed E-state index contributed by atoms with van der Waals surface area (Å²) in [5.41, 5.74) is 0. The Hall–Kier alpha value is -0.120. The van der Waals surface area contributed by atoms with Gasteiger partial charge in [0, 0.05) is 0 Å². The van der Waals surface area contributed by atoms with Crippen LogP contribution < -0.4 is 0 Å². The van der Waals surface area contributed by atoms with Crippen LogP contribution in [0.2, 0.25) is 0 Å². The second-order valence-electron chi connectivity index (χ2n) is 1.94. The van der Waals surface area contributed by atoms with E-state index in [1.807, 2.05) is 0 Å². The Morgan fingerprint density at radius 2 is 2.33 bits per heavy atom. The monoisotopic (exact) mass is 131 g/mol. The van der Waals surface area contributed by atoms with Gasteiger partial charge in [-0.15, -0.1) is 0 Å². The molecule has 1 heterocycles. The summed E-state index contributed by atoms with van der Waals surface area (Å²) in [6.45, 7) is 2.73. The summed E-state index contributed by atoms with van der Waals surface area (Å²) in [5, 5.41) is 0. The molecule has 1 unspecified atom stereocenters. The van der Waals surface area contributed by atoms with Crippen LogP contribution in [-0.4, -0.2) is 32.5 Å². The van der Waals surface area contributed by atoms with E-state index < -0.39 is 0 Å². The van der Waals surface area contributed by atoms with Crippen LogP contribution in [0.3, 0.4) is 0 Å². The second-order valence-corrected chi connectivity index (χ2v) is 1.94. The van der Waals surface area contributed by atoms with Crippen molar-refractivity contribution in [2.45, 2.75) is 6.10 Å². The summed E-state index contributed by atoms with van der Waals surface area (Å²) in [6.07, 6.45) is 0.356. The first-order valence-electron chi connectivity index (χ1n) is 3.00. The summed E-state index contributed by atoms with van der Waals surface area (Å²) in [6, 6.07) is 0. The second kappa shape index (κ2) is 3.82. The smallest absolute Gasteiger partial charge is 0.104 e. The third-order valence-corrected chi connectivity index (χ3v) is 1.08. The van der Waals surface area contributed by atoms with Crippen LogP contribution in [0.25, 0.3) is 0 Å². The zero-order valence-corrected chi connectivity index (χ0v) is 5.34. The Balaban J connectivity index is 1.71. The largest absolute Gasteiger partial charge is 0.377 e. The van der Waals surface area contributed by atoms with Crippen molar-refractivity contribution in [3.8, 4) is 0 Å². The Kier molecular flexibility index (Phi) is 2.97. The number of hydrogen-bond acceptors (Lipinski definition) is 3. The lowest BCUT2D eigenvalue weighted by Crippen LogP contribution is -2.06. The van der Waals surface area contributed by atoms with Crippen molar-refractivity contribution in [3.63, 3.8) is 0 Å². The highest BCUT2D eigenvalue weighted by Crippen LogP contribution is 2.07. The molecule has 1 aliphatic heterocycles. The molecule has 3 heteroatoms. The molecule has 9 heavy (non-hydrogen) atoms. The van der Waals surface area contributed by atoms with Crippen molar-refractivity contribution in [1.29, 1.82) is 0 Å². The fraction of sp³-hybridized carbons (Fsp3) is 0.833. The van der Waals surface area contributed by atoms with Crippen molar-refractivity contribution >= 4 is 0 Å². The van der Waals surface area contributed by atoms with E-state index >= 15 is 0 Å². The number of rotatable bonds is 5. The summed E-state index contributed by atoms with van der Waals surface area (Å²) < 4.78 is 14.5. The van der Waals surface area contributed by atoms with E-state index in [4.69, 9.17) is 9.47 Å². The van der Waals surface area contributed by atoms with Crippen LogP contribution in [0.1, 0.15) is 0 Å². The highest BCUT2D eigenvalue weighted by molar-refractivity contribution is 4.66. The van der Waals surface area contributed by atoms with Gasteiger partial charge in [-0.25, -0.2) is 0 Å². The zero-order chi connectivity index (χ0) is 6.53. The van der Waals surface area contributed by atoms with Gasteiger partial charge in [0.15, 0.2) is 0 Å². The van der Waals surface area contributed by atoms with E-state index in [0.29, 0.717) is 25.9 Å². The minimum atomic E-state index is 0.356. The molecule has 0 aromatic heterocycles. The SMILES string of the molecule is [CH2]OCCOCC1CO1. The summed E-state index contributed by atoms with van der Waals surface area (Å²) >= 11 is 0. The fourth-order valence-electron chi connectivity index (χ4n) is 0.497. The average molecular weight is 131 g/mol. The van der Waals surface area contributed by atoms with E-state index in [1.165, 1.54) is 0 Å². The van der Waals surface area contributed by atoms with Gasteiger partial charge < -0.3 is 14.2 Å². The lowest BCUT2D eigenvalue weighted by Gasteiger charge is -1.98. The van der Waals surface area contributed by atoms with Gasteiger partial charge in [0.2, 0.25) is 0 Å². The normalized spacial score (nSPS) is 24.3. The molecule has 1 rings (SSSR count). The van der Waals surface area contributed by atoms with E-state index in [0.717, 1.165) is 6.61 Å². The van der Waals surface area contributed by atoms with Crippen LogP contribution in [-0.2, 0) is 14.2 Å². The van der Waals surface area contributed by atoms with Gasteiger partial charge in [0.05, 0.1) is 33.5 Å². The Bertz CT molecular complexity index is 70.7. The predicted octanol–water partition coefficient (Wildman–Crippen LogP) is 0.210. The molecular weight excluding hydrogens is 120 g/mol. The number of ether oxygens (including phenoxy) is 3. The Morgan fingerprint density at radius 1 is 1.56 bits per heavy atom. The molecule has 3 nitrogen and oxygen atoms in total. The fourth-order valence-corrected chi connectivity index (χ4v) is 0.497. The third-order valence-electron chi connectivity index (χ3n) is 1.08. The molecule has 0 aromatic rings. The van der Waals surface area contributed by atoms with Crippen molar-refractivity contribution in [3.05, 3.63) is 7.11 Å². The average Bonchev–Trinajstić information content (AvgIpc) is 2.63. The first-order chi connectivity index (χ1) is 4.43. The van der Waals surface area contributed by atoms with Crippen molar-refractivity contribution in [1.82, 2.24) is 0 Å². The van der Waals surface area contributed by atoms with Crippen molar-refractivity contribution in [2.24, 2.45) is 0 Å². The maximum Gasteiger partial charge on any atom is 0.104 e. The minimum Gasteiger partial charge on any atom is -0.377 e. The molecule has 1 aliphatic rings. The van der Waals surface area contributed by atoms with Gasteiger partial charge in [0.1, 0.15) is 6.10 Å². The summed E-state index contributed by atoms with van der Waals surface area (Å²) in [4.78, 5) is 0. The molecule has 1 saturated heterocycles. The Labute approximate surface area is 54.9 Å². The van der Waals surface area contributed by atoms with Crippen molar-refractivity contribution < 1.29 is 14.2 Å². The predicted molar refractivity (Wildman–Crippen MR) is 31.9 cm³/mol. The van der Waals surface area contributed by atoms with E-state index in [-0.39, 0.29) is 0 Å². The standard InChI is InChI=1S/C6H11O3/c1-7-2-3-8-4-6-5-9-6/h6H,1-5H2. The lowest BCUT2D eigenvalue weighted by molar-refractivity contribution is 0.0730. The van der Waals surface area contributed by atoms with E-state index in [2.05, 4.69) is 11.8 Å². The first-order valence-corrected chi connectivity index (χ1v) is 3.00. The molecule has 0 saturated carbocycles. The van der Waals surface area contributed by atoms with Gasteiger partial charge in [0.25, 0.3) is 0 Å². The van der Waals surface area contributed by atoms with Crippen LogP contribution in [0.15, 0.2) is 0 Å². The van der Waals surface area contributed by atoms with Gasteiger partial charge >= 0.3 is 0 Å². The molecule has 1 radical (unpaired) electrons. The number of epoxide rings is 1. The van der Waals surface area contributed by atoms with Crippen LogP contribution in [0.4, 0.5) is 0 Å². The molecular formula is C6H11O3. The third kappa shape index (κ3) is 3.46. The molecule has 0 amide bonds. The van der Waals surface area contributed by atoms with Crippen LogP contribution >= 0.6 is 0 Å². The Morgan fingerprint density at radius 3 is 2.89 bits per heavy atom.